The third-order valence-electron chi connectivity index (χ3n) is 5.13. The van der Waals surface area contributed by atoms with Crippen molar-refractivity contribution >= 4 is 40.4 Å². The standard InChI is InChI=1S/C25H31N5O3S/c1-7-30(8-2)24(32)33-16-11-9-10-15(14-16)21-19-18(27-23(28-21)34-6)13-12-17(20(19)26)22(31)29-25(3,4)5/h9-14H,7-8,26H2,1-6H3,(H,29,31). The molecule has 0 atom stereocenters. The molecule has 0 unspecified atom stereocenters. The molecule has 0 radical (unpaired) electrons. The van der Waals surface area contributed by atoms with Crippen LogP contribution >= 0.6 is 11.8 Å². The van der Waals surface area contributed by atoms with E-state index in [-0.39, 0.29) is 5.91 Å². The number of fused-ring (bicyclic) bond motifs is 1. The number of hydrogen-bond acceptors (Lipinski definition) is 7. The molecule has 0 bridgehead atoms. The third kappa shape index (κ3) is 5.59. The fourth-order valence-corrected chi connectivity index (χ4v) is 3.86. The number of carbonyl (C=O) groups excluding carboxylic acids is 2. The monoisotopic (exact) mass is 481 g/mol. The molecule has 3 rings (SSSR count). The van der Waals surface area contributed by atoms with Gasteiger partial charge in [0.05, 0.1) is 27.8 Å². The molecule has 0 fully saturated rings. The molecule has 2 aromatic carbocycles. The Morgan fingerprint density at radius 1 is 1.12 bits per heavy atom. The summed E-state index contributed by atoms with van der Waals surface area (Å²) in [6.45, 7) is 10.6. The highest BCUT2D eigenvalue weighted by Crippen LogP contribution is 2.35. The molecule has 2 amide bonds. The van der Waals surface area contributed by atoms with Crippen LogP contribution in [0.3, 0.4) is 0 Å². The van der Waals surface area contributed by atoms with Crippen LogP contribution in [0.15, 0.2) is 41.6 Å². The Morgan fingerprint density at radius 3 is 2.44 bits per heavy atom. The molecule has 0 aliphatic rings. The number of benzene rings is 2. The molecule has 3 N–H and O–H groups in total. The molecule has 34 heavy (non-hydrogen) atoms. The Morgan fingerprint density at radius 2 is 1.82 bits per heavy atom. The Hall–Kier alpha value is -3.33. The second kappa shape index (κ2) is 10.3. The molecule has 9 heteroatoms. The van der Waals surface area contributed by atoms with Crippen LogP contribution in [0.25, 0.3) is 22.2 Å². The lowest BCUT2D eigenvalue weighted by atomic mass is 10.0. The van der Waals surface area contributed by atoms with E-state index in [2.05, 4.69) is 10.3 Å². The predicted molar refractivity (Wildman–Crippen MR) is 137 cm³/mol. The van der Waals surface area contributed by atoms with Crippen molar-refractivity contribution in [1.29, 1.82) is 0 Å². The van der Waals surface area contributed by atoms with E-state index in [0.717, 1.165) is 0 Å². The van der Waals surface area contributed by atoms with E-state index in [4.69, 9.17) is 15.5 Å². The summed E-state index contributed by atoms with van der Waals surface area (Å²) in [7, 11) is 0. The van der Waals surface area contributed by atoms with E-state index in [9.17, 15) is 9.59 Å². The average Bonchev–Trinajstić information content (AvgIpc) is 2.78. The lowest BCUT2D eigenvalue weighted by molar-refractivity contribution is 0.0920. The van der Waals surface area contributed by atoms with Gasteiger partial charge in [0, 0.05) is 24.2 Å². The summed E-state index contributed by atoms with van der Waals surface area (Å²) in [6.07, 6.45) is 1.47. The quantitative estimate of drug-likeness (QED) is 0.290. The zero-order valence-electron chi connectivity index (χ0n) is 20.4. The number of amides is 2. The first-order valence-corrected chi connectivity index (χ1v) is 12.3. The van der Waals surface area contributed by atoms with E-state index < -0.39 is 11.6 Å². The first-order chi connectivity index (χ1) is 16.1. The van der Waals surface area contributed by atoms with Gasteiger partial charge in [-0.2, -0.15) is 0 Å². The van der Waals surface area contributed by atoms with E-state index in [1.807, 2.05) is 46.9 Å². The highest BCUT2D eigenvalue weighted by Gasteiger charge is 2.22. The van der Waals surface area contributed by atoms with E-state index in [0.29, 0.717) is 57.4 Å². The number of nitrogens with zero attached hydrogens (tertiary/aromatic N) is 3. The number of carbonyl (C=O) groups is 2. The first kappa shape index (κ1) is 25.3. The summed E-state index contributed by atoms with van der Waals surface area (Å²) in [5.74, 6) is 0.126. The number of nitrogens with one attached hydrogen (secondary N) is 1. The van der Waals surface area contributed by atoms with Gasteiger partial charge in [0.2, 0.25) is 0 Å². The maximum absolute atomic E-state index is 12.9. The van der Waals surface area contributed by atoms with Crippen molar-refractivity contribution in [2.45, 2.75) is 45.3 Å². The van der Waals surface area contributed by atoms with Gasteiger partial charge in [0.15, 0.2) is 5.16 Å². The molecule has 1 aromatic heterocycles. The molecule has 1 heterocycles. The van der Waals surface area contributed by atoms with Crippen molar-refractivity contribution in [1.82, 2.24) is 20.2 Å². The SMILES string of the molecule is CCN(CC)C(=O)Oc1cccc(-c2nc(SC)nc3ccc(C(=O)NC(C)(C)C)c(N)c23)c1. The molecule has 180 valence electrons. The van der Waals surface area contributed by atoms with Gasteiger partial charge >= 0.3 is 6.09 Å². The summed E-state index contributed by atoms with van der Waals surface area (Å²) in [5, 5.41) is 4.09. The number of nitrogen functional groups attached to an aromatic ring is 1. The molecular weight excluding hydrogens is 450 g/mol. The summed E-state index contributed by atoms with van der Waals surface area (Å²) < 4.78 is 5.58. The van der Waals surface area contributed by atoms with Crippen LogP contribution in [0, 0.1) is 0 Å². The summed E-state index contributed by atoms with van der Waals surface area (Å²) >= 11 is 1.41. The minimum atomic E-state index is -0.417. The van der Waals surface area contributed by atoms with Crippen LogP contribution < -0.4 is 15.8 Å². The van der Waals surface area contributed by atoms with E-state index >= 15 is 0 Å². The maximum atomic E-state index is 12.9. The number of thioether (sulfide) groups is 1. The summed E-state index contributed by atoms with van der Waals surface area (Å²) in [6, 6.07) is 10.6. The molecule has 3 aromatic rings. The molecule has 0 aliphatic heterocycles. The first-order valence-electron chi connectivity index (χ1n) is 11.1. The van der Waals surface area contributed by atoms with Crippen molar-refractivity contribution in [3.8, 4) is 17.0 Å². The molecule has 0 spiro atoms. The van der Waals surface area contributed by atoms with Crippen molar-refractivity contribution < 1.29 is 14.3 Å². The van der Waals surface area contributed by atoms with Crippen molar-refractivity contribution in [3.63, 3.8) is 0 Å². The van der Waals surface area contributed by atoms with Gasteiger partial charge in [-0.1, -0.05) is 23.9 Å². The molecular formula is C25H31N5O3S. The van der Waals surface area contributed by atoms with Crippen LogP contribution in [-0.4, -0.2) is 51.8 Å². The zero-order chi connectivity index (χ0) is 25.0. The highest BCUT2D eigenvalue weighted by atomic mass is 32.2. The summed E-state index contributed by atoms with van der Waals surface area (Å²) in [5.41, 5.74) is 8.66. The molecule has 0 saturated heterocycles. The van der Waals surface area contributed by atoms with Gasteiger partial charge in [0.1, 0.15) is 5.75 Å². The lowest BCUT2D eigenvalue weighted by Crippen LogP contribution is -2.40. The number of anilines is 1. The number of rotatable bonds is 6. The molecule has 8 nitrogen and oxygen atoms in total. The van der Waals surface area contributed by atoms with E-state index in [1.165, 1.54) is 11.8 Å². The van der Waals surface area contributed by atoms with Gasteiger partial charge in [-0.05, 0) is 65.1 Å². The van der Waals surface area contributed by atoms with Gasteiger partial charge in [-0.25, -0.2) is 14.8 Å². The van der Waals surface area contributed by atoms with Gasteiger partial charge < -0.3 is 20.7 Å². The van der Waals surface area contributed by atoms with Crippen molar-refractivity contribution in [2.75, 3.05) is 25.1 Å². The number of aromatic nitrogens is 2. The Balaban J connectivity index is 2.13. The molecule has 0 aliphatic carbocycles. The minimum absolute atomic E-state index is 0.270. The van der Waals surface area contributed by atoms with Crippen LogP contribution in [0.2, 0.25) is 0 Å². The summed E-state index contributed by atoms with van der Waals surface area (Å²) in [4.78, 5) is 36.2. The van der Waals surface area contributed by atoms with Crippen LogP contribution in [0.4, 0.5) is 10.5 Å². The third-order valence-corrected chi connectivity index (χ3v) is 5.68. The smallest absolute Gasteiger partial charge is 0.410 e. The zero-order valence-corrected chi connectivity index (χ0v) is 21.2. The Kier molecular flexibility index (Phi) is 7.66. The van der Waals surface area contributed by atoms with Crippen molar-refractivity contribution in [3.05, 3.63) is 42.0 Å². The van der Waals surface area contributed by atoms with E-state index in [1.54, 1.807) is 35.2 Å². The molecule has 0 saturated carbocycles. The largest absolute Gasteiger partial charge is 0.415 e. The van der Waals surface area contributed by atoms with Gasteiger partial charge in [-0.3, -0.25) is 4.79 Å². The van der Waals surface area contributed by atoms with Gasteiger partial charge in [-0.15, -0.1) is 0 Å². The number of ether oxygens (including phenoxy) is 1. The van der Waals surface area contributed by atoms with Crippen LogP contribution in [-0.2, 0) is 0 Å². The number of nitrogens with two attached hydrogens (primary N) is 1. The lowest BCUT2D eigenvalue weighted by Gasteiger charge is -2.21. The average molecular weight is 482 g/mol. The Bertz CT molecular complexity index is 1220. The minimum Gasteiger partial charge on any atom is -0.410 e. The second-order valence-electron chi connectivity index (χ2n) is 8.75. The number of hydrogen-bond donors (Lipinski definition) is 2. The van der Waals surface area contributed by atoms with Crippen molar-refractivity contribution in [2.24, 2.45) is 0 Å². The van der Waals surface area contributed by atoms with Crippen LogP contribution in [0.1, 0.15) is 45.0 Å². The van der Waals surface area contributed by atoms with Crippen LogP contribution in [0.5, 0.6) is 5.75 Å². The predicted octanol–water partition coefficient (Wildman–Crippen LogP) is 4.97. The Labute approximate surface area is 204 Å². The van der Waals surface area contributed by atoms with Gasteiger partial charge in [0.25, 0.3) is 5.91 Å². The second-order valence-corrected chi connectivity index (χ2v) is 9.53. The fourth-order valence-electron chi connectivity index (χ4n) is 3.49. The normalized spacial score (nSPS) is 11.4. The highest BCUT2D eigenvalue weighted by molar-refractivity contribution is 7.98. The fraction of sp³-hybridized carbons (Fsp3) is 0.360. The maximum Gasteiger partial charge on any atom is 0.415 e. The topological polar surface area (TPSA) is 110 Å².